The van der Waals surface area contributed by atoms with Gasteiger partial charge >= 0.3 is 0 Å². The fraction of sp³-hybridized carbons (Fsp3) is 0.182. The summed E-state index contributed by atoms with van der Waals surface area (Å²) in [4.78, 5) is 6.14. The van der Waals surface area contributed by atoms with Crippen LogP contribution in [0.15, 0.2) is 43.0 Å². The second-order valence-corrected chi connectivity index (χ2v) is 3.35. The number of nitrogens with zero attached hydrogens (tertiary/aromatic N) is 3. The molecule has 3 heteroatoms. The van der Waals surface area contributed by atoms with E-state index < -0.39 is 0 Å². The predicted molar refractivity (Wildman–Crippen MR) is 57.9 cm³/mol. The van der Waals surface area contributed by atoms with Crippen LogP contribution in [0.4, 0.5) is 5.69 Å². The van der Waals surface area contributed by atoms with Crippen LogP contribution in [0, 0.1) is 0 Å². The normalized spacial score (nSPS) is 10.1. The van der Waals surface area contributed by atoms with E-state index >= 15 is 0 Å². The molecule has 1 aromatic carbocycles. The first-order valence-corrected chi connectivity index (χ1v) is 4.54. The molecule has 0 bridgehead atoms. The zero-order valence-corrected chi connectivity index (χ0v) is 8.38. The molecule has 2 rings (SSSR count). The van der Waals surface area contributed by atoms with Crippen LogP contribution in [0.3, 0.4) is 0 Å². The number of rotatable bonds is 2. The number of hydrogen-bond acceptors (Lipinski definition) is 2. The summed E-state index contributed by atoms with van der Waals surface area (Å²) in [5.74, 6) is 0. The molecule has 0 spiro atoms. The Morgan fingerprint density at radius 1 is 1.21 bits per heavy atom. The highest BCUT2D eigenvalue weighted by atomic mass is 15.1. The van der Waals surface area contributed by atoms with Gasteiger partial charge in [-0.2, -0.15) is 0 Å². The SMILES string of the molecule is CN(C)c1ccccc1-n1ccnc1. The van der Waals surface area contributed by atoms with E-state index in [9.17, 15) is 0 Å². The van der Waals surface area contributed by atoms with Crippen molar-refractivity contribution in [1.29, 1.82) is 0 Å². The zero-order valence-electron chi connectivity index (χ0n) is 8.38. The highest BCUT2D eigenvalue weighted by Gasteiger charge is 2.03. The molecule has 0 aliphatic rings. The minimum absolute atomic E-state index is 1.15. The Bertz CT molecular complexity index is 404. The van der Waals surface area contributed by atoms with Crippen LogP contribution in [-0.2, 0) is 0 Å². The standard InChI is InChI=1S/C11H13N3/c1-13(2)10-5-3-4-6-11(10)14-8-7-12-9-14/h3-9H,1-2H3. The summed E-state index contributed by atoms with van der Waals surface area (Å²) in [5, 5.41) is 0. The van der Waals surface area contributed by atoms with E-state index in [0.29, 0.717) is 0 Å². The van der Waals surface area contributed by atoms with Gasteiger partial charge in [-0.1, -0.05) is 12.1 Å². The molecule has 0 fully saturated rings. The van der Waals surface area contributed by atoms with E-state index in [0.717, 1.165) is 5.69 Å². The molecule has 0 aliphatic carbocycles. The molecule has 0 atom stereocenters. The third kappa shape index (κ3) is 1.48. The number of aromatic nitrogens is 2. The molecule has 0 saturated carbocycles. The quantitative estimate of drug-likeness (QED) is 0.716. The maximum Gasteiger partial charge on any atom is 0.0992 e. The summed E-state index contributed by atoms with van der Waals surface area (Å²) in [7, 11) is 4.07. The maximum atomic E-state index is 4.04. The third-order valence-corrected chi connectivity index (χ3v) is 2.15. The summed E-state index contributed by atoms with van der Waals surface area (Å²) in [6.07, 6.45) is 5.54. The lowest BCUT2D eigenvalue weighted by Crippen LogP contribution is -2.11. The van der Waals surface area contributed by atoms with E-state index in [2.05, 4.69) is 22.0 Å². The van der Waals surface area contributed by atoms with Crippen LogP contribution < -0.4 is 4.90 Å². The molecule has 2 aromatic rings. The van der Waals surface area contributed by atoms with Gasteiger partial charge in [0.15, 0.2) is 0 Å². The molecule has 1 heterocycles. The van der Waals surface area contributed by atoms with Gasteiger partial charge in [-0.3, -0.25) is 0 Å². The Labute approximate surface area is 83.6 Å². The minimum Gasteiger partial charge on any atom is -0.376 e. The van der Waals surface area contributed by atoms with Gasteiger partial charge in [0, 0.05) is 26.5 Å². The predicted octanol–water partition coefficient (Wildman–Crippen LogP) is 1.94. The van der Waals surface area contributed by atoms with Crippen molar-refractivity contribution in [3.63, 3.8) is 0 Å². The van der Waals surface area contributed by atoms with Crippen LogP contribution >= 0.6 is 0 Å². The van der Waals surface area contributed by atoms with E-state index in [1.54, 1.807) is 6.20 Å². The Balaban J connectivity index is 2.53. The first kappa shape index (κ1) is 8.81. The smallest absolute Gasteiger partial charge is 0.0992 e. The highest BCUT2D eigenvalue weighted by molar-refractivity contribution is 5.61. The molecule has 0 saturated heterocycles. The summed E-state index contributed by atoms with van der Waals surface area (Å²) in [6.45, 7) is 0. The first-order valence-electron chi connectivity index (χ1n) is 4.54. The van der Waals surface area contributed by atoms with E-state index in [-0.39, 0.29) is 0 Å². The number of hydrogen-bond donors (Lipinski definition) is 0. The van der Waals surface area contributed by atoms with Gasteiger partial charge in [0.1, 0.15) is 0 Å². The molecule has 0 amide bonds. The van der Waals surface area contributed by atoms with E-state index in [4.69, 9.17) is 0 Å². The molecule has 0 radical (unpaired) electrons. The van der Waals surface area contributed by atoms with Crippen molar-refractivity contribution in [3.05, 3.63) is 43.0 Å². The lowest BCUT2D eigenvalue weighted by molar-refractivity contribution is 1.02. The van der Waals surface area contributed by atoms with Crippen LogP contribution in [0.25, 0.3) is 5.69 Å². The third-order valence-electron chi connectivity index (χ3n) is 2.15. The first-order chi connectivity index (χ1) is 6.79. The Kier molecular flexibility index (Phi) is 2.23. The topological polar surface area (TPSA) is 21.1 Å². The second-order valence-electron chi connectivity index (χ2n) is 3.35. The van der Waals surface area contributed by atoms with Crippen molar-refractivity contribution < 1.29 is 0 Å². The maximum absolute atomic E-state index is 4.04. The minimum atomic E-state index is 1.15. The van der Waals surface area contributed by atoms with E-state index in [1.165, 1.54) is 5.69 Å². The second kappa shape index (κ2) is 3.54. The molecular formula is C11H13N3. The molecule has 72 valence electrons. The van der Waals surface area contributed by atoms with E-state index in [1.807, 2.05) is 43.3 Å². The summed E-state index contributed by atoms with van der Waals surface area (Å²) >= 11 is 0. The van der Waals surface area contributed by atoms with Crippen LogP contribution in [0.2, 0.25) is 0 Å². The van der Waals surface area contributed by atoms with Crippen molar-refractivity contribution in [2.24, 2.45) is 0 Å². The average molecular weight is 187 g/mol. The van der Waals surface area contributed by atoms with Gasteiger partial charge in [-0.15, -0.1) is 0 Å². The van der Waals surface area contributed by atoms with Crippen molar-refractivity contribution in [1.82, 2.24) is 9.55 Å². The summed E-state index contributed by atoms with van der Waals surface area (Å²) < 4.78 is 2.01. The monoisotopic (exact) mass is 187 g/mol. The molecule has 14 heavy (non-hydrogen) atoms. The lowest BCUT2D eigenvalue weighted by Gasteiger charge is -2.17. The summed E-state index contributed by atoms with van der Waals surface area (Å²) in [6, 6.07) is 8.24. The van der Waals surface area contributed by atoms with Gasteiger partial charge in [-0.05, 0) is 12.1 Å². The van der Waals surface area contributed by atoms with Crippen LogP contribution in [0.1, 0.15) is 0 Å². The molecule has 0 N–H and O–H groups in total. The van der Waals surface area contributed by atoms with Gasteiger partial charge < -0.3 is 9.47 Å². The Morgan fingerprint density at radius 2 is 2.00 bits per heavy atom. The number of benzene rings is 1. The van der Waals surface area contributed by atoms with Crippen molar-refractivity contribution in [2.45, 2.75) is 0 Å². The molecule has 3 nitrogen and oxygen atoms in total. The molecular weight excluding hydrogens is 174 g/mol. The van der Waals surface area contributed by atoms with Crippen LogP contribution in [-0.4, -0.2) is 23.6 Å². The largest absolute Gasteiger partial charge is 0.376 e. The zero-order chi connectivity index (χ0) is 9.97. The number of para-hydroxylation sites is 2. The van der Waals surface area contributed by atoms with Gasteiger partial charge in [0.25, 0.3) is 0 Å². The molecule has 0 unspecified atom stereocenters. The van der Waals surface area contributed by atoms with Gasteiger partial charge in [0.2, 0.25) is 0 Å². The fourth-order valence-electron chi connectivity index (χ4n) is 1.46. The van der Waals surface area contributed by atoms with Gasteiger partial charge in [0.05, 0.1) is 17.7 Å². The van der Waals surface area contributed by atoms with Crippen molar-refractivity contribution in [2.75, 3.05) is 19.0 Å². The van der Waals surface area contributed by atoms with Crippen LogP contribution in [0.5, 0.6) is 0 Å². The molecule has 1 aromatic heterocycles. The van der Waals surface area contributed by atoms with Crippen molar-refractivity contribution >= 4 is 5.69 Å². The summed E-state index contributed by atoms with van der Waals surface area (Å²) in [5.41, 5.74) is 2.33. The lowest BCUT2D eigenvalue weighted by atomic mass is 10.2. The Hall–Kier alpha value is -1.77. The Morgan fingerprint density at radius 3 is 2.64 bits per heavy atom. The van der Waals surface area contributed by atoms with Gasteiger partial charge in [-0.25, -0.2) is 4.98 Å². The molecule has 0 aliphatic heterocycles. The average Bonchev–Trinajstić information content (AvgIpc) is 2.70. The van der Waals surface area contributed by atoms with Crippen molar-refractivity contribution in [3.8, 4) is 5.69 Å². The fourth-order valence-corrected chi connectivity index (χ4v) is 1.46. The number of anilines is 1. The highest BCUT2D eigenvalue weighted by Crippen LogP contribution is 2.21. The number of imidazole rings is 1.